The second-order valence-electron chi connectivity index (χ2n) is 8.98. The highest BCUT2D eigenvalue weighted by atomic mass is 16.4. The van der Waals surface area contributed by atoms with E-state index in [0.717, 1.165) is 4.90 Å². The van der Waals surface area contributed by atoms with Crippen LogP contribution in [0.5, 0.6) is 0 Å². The summed E-state index contributed by atoms with van der Waals surface area (Å²) in [6, 6.07) is -5.57. The van der Waals surface area contributed by atoms with Crippen LogP contribution in [-0.4, -0.2) is 125 Å². The number of hydrogen-bond acceptors (Lipinski definition) is 10. The molecular formula is C22H37N9O10. The van der Waals surface area contributed by atoms with E-state index in [0.29, 0.717) is 6.42 Å². The van der Waals surface area contributed by atoms with Crippen molar-refractivity contribution in [3.8, 4) is 0 Å². The molecule has 1 rings (SSSR count). The number of carbonyl (C=O) groups excluding carboxylic acids is 5. The minimum Gasteiger partial charge on any atom is -0.481 e. The molecule has 0 aromatic heterocycles. The van der Waals surface area contributed by atoms with Crippen LogP contribution in [0.2, 0.25) is 0 Å². The number of amides is 5. The Bertz CT molecular complexity index is 1020. The van der Waals surface area contributed by atoms with Crippen LogP contribution >= 0.6 is 0 Å². The zero-order valence-electron chi connectivity index (χ0n) is 22.2. The van der Waals surface area contributed by atoms with Crippen molar-refractivity contribution in [2.75, 3.05) is 32.8 Å². The number of likely N-dealkylation sites (tertiary alicyclic amines) is 1. The number of aliphatic hydroxyl groups is 1. The number of aliphatic hydroxyl groups excluding tert-OH is 1. The van der Waals surface area contributed by atoms with Crippen LogP contribution in [0.4, 0.5) is 0 Å². The van der Waals surface area contributed by atoms with Gasteiger partial charge in [0.1, 0.15) is 24.2 Å². The highest BCUT2D eigenvalue weighted by Crippen LogP contribution is 2.18. The molecule has 0 aromatic carbocycles. The third-order valence-corrected chi connectivity index (χ3v) is 5.85. The molecule has 0 unspecified atom stereocenters. The van der Waals surface area contributed by atoms with Gasteiger partial charge < -0.3 is 58.7 Å². The zero-order valence-corrected chi connectivity index (χ0v) is 22.2. The van der Waals surface area contributed by atoms with Crippen LogP contribution in [0.3, 0.4) is 0 Å². The Morgan fingerprint density at radius 3 is 2.15 bits per heavy atom. The van der Waals surface area contributed by atoms with Crippen molar-refractivity contribution in [2.45, 2.75) is 56.3 Å². The summed E-state index contributed by atoms with van der Waals surface area (Å²) in [5.41, 5.74) is 15.7. The quantitative estimate of drug-likeness (QED) is 0.0431. The molecule has 1 aliphatic rings. The summed E-state index contributed by atoms with van der Waals surface area (Å²) < 4.78 is 0. The van der Waals surface area contributed by atoms with E-state index in [2.05, 4.69) is 26.3 Å². The Morgan fingerprint density at radius 1 is 0.927 bits per heavy atom. The molecule has 1 aliphatic heterocycles. The normalized spacial score (nSPS) is 16.4. The van der Waals surface area contributed by atoms with E-state index < -0.39 is 91.8 Å². The molecule has 0 spiro atoms. The number of nitrogens with zero attached hydrogens (tertiary/aromatic N) is 2. The SMILES string of the molecule is NCC(=O)N[C@@H](CCCN=C(N)N)C(=O)NCC(=O)N[C@@H](CC(=O)O)C(=O)N[C@H](CO)C(=O)N1CCC[C@H]1C(=O)O. The van der Waals surface area contributed by atoms with E-state index in [4.69, 9.17) is 17.2 Å². The Hall–Kier alpha value is -4.52. The molecule has 0 saturated carbocycles. The lowest BCUT2D eigenvalue weighted by Crippen LogP contribution is -2.58. The maximum Gasteiger partial charge on any atom is 0.326 e. The van der Waals surface area contributed by atoms with Gasteiger partial charge in [0, 0.05) is 13.1 Å². The van der Waals surface area contributed by atoms with Crippen LogP contribution < -0.4 is 38.5 Å². The van der Waals surface area contributed by atoms with E-state index in [9.17, 15) is 48.9 Å². The van der Waals surface area contributed by atoms with Crippen LogP contribution in [0.1, 0.15) is 32.1 Å². The number of aliphatic imine (C=N–C) groups is 1. The van der Waals surface area contributed by atoms with Crippen molar-refractivity contribution in [3.63, 3.8) is 0 Å². The monoisotopic (exact) mass is 587 g/mol. The molecule has 230 valence electrons. The maximum atomic E-state index is 12.8. The molecule has 41 heavy (non-hydrogen) atoms. The summed E-state index contributed by atoms with van der Waals surface area (Å²) in [7, 11) is 0. The average molecular weight is 588 g/mol. The van der Waals surface area contributed by atoms with Crippen LogP contribution in [0.25, 0.3) is 0 Å². The number of hydrogen-bond donors (Lipinski definition) is 10. The molecule has 0 bridgehead atoms. The summed E-state index contributed by atoms with van der Waals surface area (Å²) in [6.45, 7) is -1.81. The van der Waals surface area contributed by atoms with Crippen molar-refractivity contribution in [1.29, 1.82) is 0 Å². The first-order chi connectivity index (χ1) is 19.3. The van der Waals surface area contributed by atoms with Crippen molar-refractivity contribution in [1.82, 2.24) is 26.2 Å². The highest BCUT2D eigenvalue weighted by Gasteiger charge is 2.38. The molecule has 1 saturated heterocycles. The maximum absolute atomic E-state index is 12.8. The van der Waals surface area contributed by atoms with E-state index in [1.54, 1.807) is 0 Å². The number of rotatable bonds is 17. The van der Waals surface area contributed by atoms with Gasteiger partial charge in [0.05, 0.1) is 26.1 Å². The average Bonchev–Trinajstić information content (AvgIpc) is 3.41. The summed E-state index contributed by atoms with van der Waals surface area (Å²) in [6.07, 6.45) is 0.0216. The van der Waals surface area contributed by atoms with E-state index in [1.807, 2.05) is 0 Å². The van der Waals surface area contributed by atoms with Crippen LogP contribution in [0, 0.1) is 0 Å². The van der Waals surface area contributed by atoms with Gasteiger partial charge in [-0.05, 0) is 25.7 Å². The van der Waals surface area contributed by atoms with Crippen molar-refractivity contribution >= 4 is 47.4 Å². The van der Waals surface area contributed by atoms with Crippen molar-refractivity contribution < 1.29 is 48.9 Å². The van der Waals surface area contributed by atoms with E-state index in [-0.39, 0.29) is 38.3 Å². The topological polar surface area (TPSA) is 322 Å². The Balaban J connectivity index is 2.82. The largest absolute Gasteiger partial charge is 0.481 e. The minimum absolute atomic E-state index is 0.0797. The number of aliphatic carboxylic acids is 2. The summed E-state index contributed by atoms with van der Waals surface area (Å²) >= 11 is 0. The van der Waals surface area contributed by atoms with Gasteiger partial charge in [-0.1, -0.05) is 0 Å². The molecular weight excluding hydrogens is 550 g/mol. The molecule has 4 atom stereocenters. The van der Waals surface area contributed by atoms with Gasteiger partial charge in [0.25, 0.3) is 0 Å². The Labute approximate surface area is 234 Å². The summed E-state index contributed by atoms with van der Waals surface area (Å²) in [4.78, 5) is 89.6. The fraction of sp³-hybridized carbons (Fsp3) is 0.636. The molecule has 0 aliphatic carbocycles. The molecule has 1 heterocycles. The van der Waals surface area contributed by atoms with Crippen molar-refractivity contribution in [3.05, 3.63) is 0 Å². The fourth-order valence-corrected chi connectivity index (χ4v) is 3.89. The molecule has 1 fully saturated rings. The molecule has 0 radical (unpaired) electrons. The number of nitrogens with two attached hydrogens (primary N) is 3. The first-order valence-electron chi connectivity index (χ1n) is 12.6. The molecule has 19 nitrogen and oxygen atoms in total. The third kappa shape index (κ3) is 12.0. The molecule has 0 aromatic rings. The minimum atomic E-state index is -1.72. The Morgan fingerprint density at radius 2 is 1.59 bits per heavy atom. The molecule has 19 heteroatoms. The lowest BCUT2D eigenvalue weighted by Gasteiger charge is -2.27. The second-order valence-corrected chi connectivity index (χ2v) is 8.98. The number of carboxylic acids is 2. The lowest BCUT2D eigenvalue weighted by molar-refractivity contribution is -0.150. The van der Waals surface area contributed by atoms with Crippen LogP contribution in [0.15, 0.2) is 4.99 Å². The van der Waals surface area contributed by atoms with Gasteiger partial charge in [-0.15, -0.1) is 0 Å². The van der Waals surface area contributed by atoms with Crippen molar-refractivity contribution in [2.24, 2.45) is 22.2 Å². The third-order valence-electron chi connectivity index (χ3n) is 5.85. The van der Waals surface area contributed by atoms with Crippen LogP contribution in [-0.2, 0) is 33.6 Å². The number of nitrogens with one attached hydrogen (secondary N) is 4. The zero-order chi connectivity index (χ0) is 31.1. The van der Waals surface area contributed by atoms with Gasteiger partial charge in [-0.2, -0.15) is 0 Å². The van der Waals surface area contributed by atoms with Gasteiger partial charge >= 0.3 is 11.9 Å². The summed E-state index contributed by atoms with van der Waals surface area (Å²) in [5, 5.41) is 37.0. The standard InChI is InChI=1S/C22H37N9O10/c23-8-15(33)28-11(3-1-5-26-22(24)25)18(37)27-9-16(34)29-12(7-17(35)36)19(38)30-13(10-32)20(39)31-6-2-4-14(31)21(40)41/h11-14,32H,1-10,23H2,(H,27,37)(H,28,33)(H,29,34)(H,30,38)(H,35,36)(H,40,41)(H4,24,25,26)/t11-,12-,13+,14-/m0/s1. The van der Waals surface area contributed by atoms with E-state index >= 15 is 0 Å². The second kappa shape index (κ2) is 17.2. The summed E-state index contributed by atoms with van der Waals surface area (Å²) in [5.74, 6) is -7.35. The highest BCUT2D eigenvalue weighted by molar-refractivity contribution is 5.96. The predicted octanol–water partition coefficient (Wildman–Crippen LogP) is -5.89. The van der Waals surface area contributed by atoms with Gasteiger partial charge in [-0.3, -0.25) is 33.8 Å². The number of guanidine groups is 1. The fourth-order valence-electron chi connectivity index (χ4n) is 3.89. The first kappa shape index (κ1) is 34.5. The Kier molecular flexibility index (Phi) is 14.5. The smallest absolute Gasteiger partial charge is 0.326 e. The van der Waals surface area contributed by atoms with Gasteiger partial charge in [0.15, 0.2) is 5.96 Å². The first-order valence-corrected chi connectivity index (χ1v) is 12.6. The predicted molar refractivity (Wildman–Crippen MR) is 139 cm³/mol. The molecule has 5 amide bonds. The van der Waals surface area contributed by atoms with Gasteiger partial charge in [0.2, 0.25) is 29.5 Å². The molecule has 13 N–H and O–H groups in total. The number of carboxylic acid groups (broad SMARTS) is 2. The van der Waals surface area contributed by atoms with E-state index in [1.165, 1.54) is 0 Å². The lowest BCUT2D eigenvalue weighted by atomic mass is 10.1. The van der Waals surface area contributed by atoms with Gasteiger partial charge in [-0.25, -0.2) is 4.79 Å². The number of carbonyl (C=O) groups is 7.